The standard InChI is InChI=1S/C4H10NO.3BrH.Sn/c1-3-5-4-6-2;;;;/h5H,2-4H2,1H3;3*1H;/q;;;;+3/p-3. The van der Waals surface area contributed by atoms with E-state index in [1.807, 2.05) is 0 Å². The molecule has 0 heterocycles. The van der Waals surface area contributed by atoms with Crippen LogP contribution >= 0.6 is 38.1 Å². The Kier molecular flexibility index (Phi) is 8.09. The Bertz CT molecular complexity index is 87.1. The molecule has 0 rings (SSSR count). The first-order chi connectivity index (χ1) is 4.56. The average Bonchev–Trinajstić information content (AvgIpc) is 1.78. The summed E-state index contributed by atoms with van der Waals surface area (Å²) < 4.78 is 6.06. The summed E-state index contributed by atoms with van der Waals surface area (Å²) in [5.74, 6) is 0. The summed E-state index contributed by atoms with van der Waals surface area (Å²) in [5.41, 5.74) is 0. The molecule has 0 atom stereocenters. The fraction of sp³-hybridized carbons (Fsp3) is 1.00. The van der Waals surface area contributed by atoms with E-state index in [-0.39, 0.29) is 0 Å². The van der Waals surface area contributed by atoms with E-state index in [9.17, 15) is 0 Å². The van der Waals surface area contributed by atoms with Crippen LogP contribution in [0.5, 0.6) is 0 Å². The predicted octanol–water partition coefficient (Wildman–Crippen LogP) is 2.23. The molecule has 0 aliphatic heterocycles. The fourth-order valence-corrected chi connectivity index (χ4v) is 4.55. The Morgan fingerprint density at radius 2 is 2.00 bits per heavy atom. The zero-order chi connectivity index (χ0) is 8.04. The molecular weight excluding hydrogens is 436 g/mol. The number of rotatable bonds is 5. The van der Waals surface area contributed by atoms with Gasteiger partial charge in [0.2, 0.25) is 0 Å². The van der Waals surface area contributed by atoms with Gasteiger partial charge in [0.1, 0.15) is 0 Å². The molecule has 0 saturated carbocycles. The fourth-order valence-electron chi connectivity index (χ4n) is 0.341. The summed E-state index contributed by atoms with van der Waals surface area (Å²) in [6, 6.07) is 0. The van der Waals surface area contributed by atoms with E-state index in [1.54, 1.807) is 0 Å². The molecule has 0 aromatic heterocycles. The molecule has 1 N–H and O–H groups in total. The van der Waals surface area contributed by atoms with Gasteiger partial charge in [0.05, 0.1) is 0 Å². The number of nitrogens with one attached hydrogen (secondary N) is 1. The van der Waals surface area contributed by atoms with Crippen molar-refractivity contribution in [3.63, 3.8) is 0 Å². The first-order valence-corrected chi connectivity index (χ1v) is 24.1. The van der Waals surface area contributed by atoms with E-state index in [2.05, 4.69) is 50.4 Å². The maximum absolute atomic E-state index is 5.28. The Labute approximate surface area is 83.6 Å². The van der Waals surface area contributed by atoms with Crippen LogP contribution in [0.1, 0.15) is 6.92 Å². The van der Waals surface area contributed by atoms with Gasteiger partial charge in [0, 0.05) is 0 Å². The van der Waals surface area contributed by atoms with Crippen LogP contribution in [0.15, 0.2) is 0 Å². The normalized spacial score (nSPS) is 12.0. The van der Waals surface area contributed by atoms with Gasteiger partial charge >= 0.3 is 84.7 Å². The van der Waals surface area contributed by atoms with Crippen LogP contribution in [0.25, 0.3) is 0 Å². The molecule has 0 fully saturated rings. The zero-order valence-electron chi connectivity index (χ0n) is 5.66. The van der Waals surface area contributed by atoms with Crippen LogP contribution in [0.3, 0.4) is 0 Å². The van der Waals surface area contributed by atoms with Gasteiger partial charge in [-0.05, 0) is 0 Å². The number of halogens is 3. The molecule has 0 saturated heterocycles. The molecule has 0 amide bonds. The van der Waals surface area contributed by atoms with Crippen LogP contribution in [-0.4, -0.2) is 29.6 Å². The summed E-state index contributed by atoms with van der Waals surface area (Å²) in [4.78, 5) is 0. The third kappa shape index (κ3) is 10.2. The molecule has 2 nitrogen and oxygen atoms in total. The third-order valence-electron chi connectivity index (χ3n) is 0.720. The molecule has 0 aliphatic rings. The predicted molar refractivity (Wildman–Crippen MR) is 57.0 cm³/mol. The van der Waals surface area contributed by atoms with E-state index in [4.69, 9.17) is 4.74 Å². The number of hydrogen-bond acceptors (Lipinski definition) is 2. The van der Waals surface area contributed by atoms with Crippen molar-refractivity contribution in [2.75, 3.05) is 17.9 Å². The topological polar surface area (TPSA) is 21.3 Å². The second-order valence-electron chi connectivity index (χ2n) is 1.71. The molecule has 10 heavy (non-hydrogen) atoms. The number of hydrogen-bond donors (Lipinski definition) is 1. The Hall–Kier alpha value is 2.16. The van der Waals surface area contributed by atoms with Gasteiger partial charge in [-0.25, -0.2) is 0 Å². The summed E-state index contributed by atoms with van der Waals surface area (Å²) in [6.45, 7) is 3.64. The van der Waals surface area contributed by atoms with Crippen molar-refractivity contribution in [3.8, 4) is 0 Å². The monoisotopic (exact) mass is 445 g/mol. The van der Waals surface area contributed by atoms with Gasteiger partial charge in [0.15, 0.2) is 0 Å². The van der Waals surface area contributed by atoms with E-state index in [1.165, 1.54) is 0 Å². The van der Waals surface area contributed by atoms with Crippen molar-refractivity contribution >= 4 is 49.8 Å². The van der Waals surface area contributed by atoms with E-state index < -0.39 is 11.7 Å². The van der Waals surface area contributed by atoms with Gasteiger partial charge in [-0.2, -0.15) is 0 Å². The van der Waals surface area contributed by atoms with Crippen molar-refractivity contribution in [2.24, 2.45) is 0 Å². The molecule has 0 spiro atoms. The molecule has 6 heteroatoms. The van der Waals surface area contributed by atoms with Gasteiger partial charge in [-0.3, -0.25) is 0 Å². The molecule has 0 aromatic carbocycles. The van der Waals surface area contributed by atoms with E-state index >= 15 is 0 Å². The summed E-state index contributed by atoms with van der Waals surface area (Å²) in [7, 11) is 0. The van der Waals surface area contributed by atoms with Crippen LogP contribution in [-0.2, 0) is 4.74 Å². The third-order valence-corrected chi connectivity index (χ3v) is 6.84. The molecule has 62 valence electrons. The minimum atomic E-state index is -2.18. The molecular formula is C4H10Br3NOSn. The minimum absolute atomic E-state index is 0.637. The molecule has 0 unspecified atom stereocenters. The second kappa shape index (κ2) is 6.65. The SMILES string of the molecule is CCNCO[CH2][Sn]([Br])([Br])[Br]. The quantitative estimate of drug-likeness (QED) is 0.397. The first-order valence-electron chi connectivity index (χ1n) is 2.91. The van der Waals surface area contributed by atoms with Gasteiger partial charge in [0.25, 0.3) is 0 Å². The van der Waals surface area contributed by atoms with Crippen molar-refractivity contribution in [2.45, 2.75) is 6.92 Å². The molecule has 0 aliphatic carbocycles. The van der Waals surface area contributed by atoms with Crippen molar-refractivity contribution in [1.82, 2.24) is 5.32 Å². The van der Waals surface area contributed by atoms with Gasteiger partial charge in [-0.15, -0.1) is 0 Å². The Morgan fingerprint density at radius 1 is 1.40 bits per heavy atom. The maximum atomic E-state index is 5.28. The van der Waals surface area contributed by atoms with E-state index in [0.29, 0.717) is 6.73 Å². The van der Waals surface area contributed by atoms with E-state index in [0.717, 1.165) is 11.2 Å². The summed E-state index contributed by atoms with van der Waals surface area (Å²) in [5, 5.41) is 3.07. The van der Waals surface area contributed by atoms with Crippen molar-refractivity contribution in [3.05, 3.63) is 0 Å². The van der Waals surface area contributed by atoms with Crippen molar-refractivity contribution in [1.29, 1.82) is 0 Å². The van der Waals surface area contributed by atoms with Crippen LogP contribution < -0.4 is 5.32 Å². The molecule has 0 radical (unpaired) electrons. The average molecular weight is 447 g/mol. The molecule has 0 bridgehead atoms. The molecule has 0 aromatic rings. The van der Waals surface area contributed by atoms with Gasteiger partial charge in [-0.1, -0.05) is 0 Å². The number of ether oxygens (including phenoxy) is 1. The Balaban J connectivity index is 3.04. The summed E-state index contributed by atoms with van der Waals surface area (Å²) in [6.07, 6.45) is 0. The van der Waals surface area contributed by atoms with Gasteiger partial charge < -0.3 is 0 Å². The van der Waals surface area contributed by atoms with Crippen molar-refractivity contribution < 1.29 is 4.74 Å². The van der Waals surface area contributed by atoms with Crippen LogP contribution in [0.2, 0.25) is 0 Å². The summed E-state index contributed by atoms with van der Waals surface area (Å²) >= 11 is 8.39. The van der Waals surface area contributed by atoms with Crippen LogP contribution in [0, 0.1) is 0 Å². The first kappa shape index (κ1) is 12.2. The second-order valence-corrected chi connectivity index (χ2v) is 54.7. The van der Waals surface area contributed by atoms with Crippen LogP contribution in [0.4, 0.5) is 0 Å². The Morgan fingerprint density at radius 3 is 2.40 bits per heavy atom. The zero-order valence-corrected chi connectivity index (χ0v) is 13.3.